The molecule has 2 rings (SSSR count). The number of carbonyl (C=O) groups is 1. The first-order chi connectivity index (χ1) is 14.3. The van der Waals surface area contributed by atoms with E-state index in [2.05, 4.69) is 50.4 Å². The number of nitrogens with one attached hydrogen (secondary N) is 1. The van der Waals surface area contributed by atoms with Crippen LogP contribution in [0.2, 0.25) is 0 Å². The first-order valence-corrected chi connectivity index (χ1v) is 10.5. The maximum Gasteiger partial charge on any atom is 0.245 e. The summed E-state index contributed by atoms with van der Waals surface area (Å²) >= 11 is 0. The Balaban J connectivity index is 1.82. The first-order valence-electron chi connectivity index (χ1n) is 10.5. The predicted molar refractivity (Wildman–Crippen MR) is 125 cm³/mol. The number of amides is 1. The topological polar surface area (TPSA) is 67.6 Å². The fraction of sp³-hybridized carbons (Fsp3) is 0.400. The maximum absolute atomic E-state index is 11.4. The van der Waals surface area contributed by atoms with Gasteiger partial charge in [0, 0.05) is 44.9 Å². The highest BCUT2D eigenvalue weighted by Crippen LogP contribution is 2.30. The van der Waals surface area contributed by atoms with Crippen LogP contribution in [0.25, 0.3) is 0 Å². The van der Waals surface area contributed by atoms with Crippen molar-refractivity contribution in [2.45, 2.75) is 32.6 Å². The highest BCUT2D eigenvalue weighted by atomic mass is 16.5. The largest absolute Gasteiger partial charge is 0.492 e. The molecule has 162 valence electrons. The number of anilines is 1. The molecule has 2 aromatic rings. The van der Waals surface area contributed by atoms with Crippen molar-refractivity contribution in [1.82, 2.24) is 10.2 Å². The Hall–Kier alpha value is -2.79. The Labute approximate surface area is 180 Å². The molecular formula is C25H35N3O2. The van der Waals surface area contributed by atoms with Crippen LogP contribution in [0, 0.1) is 0 Å². The minimum absolute atomic E-state index is 0.0123. The second kappa shape index (κ2) is 11.4. The van der Waals surface area contributed by atoms with Crippen molar-refractivity contribution in [2.75, 3.05) is 39.5 Å². The lowest BCUT2D eigenvalue weighted by atomic mass is 9.89. The van der Waals surface area contributed by atoms with Crippen LogP contribution < -0.4 is 15.8 Å². The van der Waals surface area contributed by atoms with Gasteiger partial charge in [0.05, 0.1) is 0 Å². The van der Waals surface area contributed by atoms with E-state index in [4.69, 9.17) is 10.5 Å². The SMILES string of the molecule is CC(C)c1cc(C(C)c2ccc(OCCNC/C=C/C(=O)N(C)C)cc2)ccc1N. The summed E-state index contributed by atoms with van der Waals surface area (Å²) in [5.41, 5.74) is 10.7. The summed E-state index contributed by atoms with van der Waals surface area (Å²) in [7, 11) is 3.47. The molecule has 1 atom stereocenters. The van der Waals surface area contributed by atoms with Crippen LogP contribution in [0.15, 0.2) is 54.6 Å². The molecular weight excluding hydrogens is 374 g/mol. The van der Waals surface area contributed by atoms with Gasteiger partial charge in [0.1, 0.15) is 12.4 Å². The average molecular weight is 410 g/mol. The highest BCUT2D eigenvalue weighted by molar-refractivity contribution is 5.87. The van der Waals surface area contributed by atoms with Gasteiger partial charge in [0.25, 0.3) is 0 Å². The smallest absolute Gasteiger partial charge is 0.245 e. The molecule has 0 spiro atoms. The lowest BCUT2D eigenvalue weighted by Crippen LogP contribution is -2.22. The Morgan fingerprint density at radius 2 is 1.77 bits per heavy atom. The normalized spacial score (nSPS) is 12.3. The molecule has 3 N–H and O–H groups in total. The minimum Gasteiger partial charge on any atom is -0.492 e. The fourth-order valence-electron chi connectivity index (χ4n) is 3.14. The second-order valence-electron chi connectivity index (χ2n) is 8.02. The molecule has 30 heavy (non-hydrogen) atoms. The van der Waals surface area contributed by atoms with Gasteiger partial charge in [-0.25, -0.2) is 0 Å². The van der Waals surface area contributed by atoms with Crippen molar-refractivity contribution in [2.24, 2.45) is 0 Å². The molecule has 0 radical (unpaired) electrons. The predicted octanol–water partition coefficient (Wildman–Crippen LogP) is 4.16. The van der Waals surface area contributed by atoms with Crippen LogP contribution in [0.1, 0.15) is 49.3 Å². The van der Waals surface area contributed by atoms with Crippen LogP contribution in [-0.4, -0.2) is 44.6 Å². The summed E-state index contributed by atoms with van der Waals surface area (Å²) in [5.74, 6) is 1.54. The van der Waals surface area contributed by atoms with Gasteiger partial charge in [-0.2, -0.15) is 0 Å². The van der Waals surface area contributed by atoms with Crippen LogP contribution >= 0.6 is 0 Å². The van der Waals surface area contributed by atoms with Gasteiger partial charge in [-0.1, -0.05) is 51.1 Å². The maximum atomic E-state index is 11.4. The third-order valence-electron chi connectivity index (χ3n) is 5.12. The molecule has 5 heteroatoms. The van der Waals surface area contributed by atoms with Crippen LogP contribution in [-0.2, 0) is 4.79 Å². The quantitative estimate of drug-likeness (QED) is 0.351. The van der Waals surface area contributed by atoms with E-state index in [0.29, 0.717) is 25.6 Å². The molecule has 0 aliphatic rings. The van der Waals surface area contributed by atoms with E-state index in [1.807, 2.05) is 24.3 Å². The molecule has 0 aliphatic heterocycles. The zero-order chi connectivity index (χ0) is 22.1. The number of nitrogen functional groups attached to an aromatic ring is 1. The average Bonchev–Trinajstić information content (AvgIpc) is 2.72. The van der Waals surface area contributed by atoms with Gasteiger partial charge in [-0.3, -0.25) is 4.79 Å². The number of hydrogen-bond acceptors (Lipinski definition) is 4. The highest BCUT2D eigenvalue weighted by Gasteiger charge is 2.12. The van der Waals surface area contributed by atoms with Crippen molar-refractivity contribution >= 4 is 11.6 Å². The van der Waals surface area contributed by atoms with Crippen molar-refractivity contribution in [3.63, 3.8) is 0 Å². The molecule has 0 saturated carbocycles. The van der Waals surface area contributed by atoms with Crippen molar-refractivity contribution in [3.05, 3.63) is 71.3 Å². The molecule has 5 nitrogen and oxygen atoms in total. The summed E-state index contributed by atoms with van der Waals surface area (Å²) in [6, 6.07) is 14.6. The lowest BCUT2D eigenvalue weighted by molar-refractivity contribution is -0.123. The molecule has 0 bridgehead atoms. The molecule has 1 amide bonds. The number of rotatable bonds is 10. The van der Waals surface area contributed by atoms with Gasteiger partial charge in [-0.15, -0.1) is 0 Å². The van der Waals surface area contributed by atoms with Gasteiger partial charge < -0.3 is 20.7 Å². The van der Waals surface area contributed by atoms with E-state index >= 15 is 0 Å². The van der Waals surface area contributed by atoms with E-state index in [0.717, 1.165) is 11.4 Å². The van der Waals surface area contributed by atoms with Gasteiger partial charge >= 0.3 is 0 Å². The standard InChI is InChI=1S/C25H35N3O2/c1-18(2)23-17-21(10-13-24(23)26)19(3)20-8-11-22(12-9-20)30-16-15-27-14-6-7-25(29)28(4)5/h6-13,17-19,27H,14-16,26H2,1-5H3/b7-6+. The van der Waals surface area contributed by atoms with Crippen molar-refractivity contribution in [3.8, 4) is 5.75 Å². The van der Waals surface area contributed by atoms with E-state index in [-0.39, 0.29) is 11.8 Å². The number of hydrogen-bond donors (Lipinski definition) is 2. The number of likely N-dealkylation sites (N-methyl/N-ethyl adjacent to an activating group) is 1. The molecule has 1 unspecified atom stereocenters. The number of ether oxygens (including phenoxy) is 1. The Morgan fingerprint density at radius 3 is 2.40 bits per heavy atom. The third-order valence-corrected chi connectivity index (χ3v) is 5.12. The van der Waals surface area contributed by atoms with Crippen LogP contribution in [0.5, 0.6) is 5.75 Å². The second-order valence-corrected chi connectivity index (χ2v) is 8.02. The molecule has 0 aromatic heterocycles. The number of nitrogens with two attached hydrogens (primary N) is 1. The van der Waals surface area contributed by atoms with E-state index < -0.39 is 0 Å². The van der Waals surface area contributed by atoms with Gasteiger partial charge in [-0.05, 0) is 40.8 Å². The van der Waals surface area contributed by atoms with Crippen molar-refractivity contribution < 1.29 is 9.53 Å². The first kappa shape index (κ1) is 23.5. The number of nitrogens with zero attached hydrogens (tertiary/aromatic N) is 1. The Kier molecular flexibility index (Phi) is 8.93. The van der Waals surface area contributed by atoms with Crippen LogP contribution in [0.4, 0.5) is 5.69 Å². The summed E-state index contributed by atoms with van der Waals surface area (Å²) in [6.45, 7) is 8.47. The molecule has 0 saturated heterocycles. The summed E-state index contributed by atoms with van der Waals surface area (Å²) in [4.78, 5) is 13.0. The Morgan fingerprint density at radius 1 is 1.10 bits per heavy atom. The monoisotopic (exact) mass is 409 g/mol. The molecule has 0 fully saturated rings. The van der Waals surface area contributed by atoms with E-state index in [1.54, 1.807) is 25.1 Å². The fourth-order valence-corrected chi connectivity index (χ4v) is 3.14. The molecule has 0 heterocycles. The zero-order valence-electron chi connectivity index (χ0n) is 18.8. The molecule has 2 aromatic carbocycles. The minimum atomic E-state index is -0.0123. The van der Waals surface area contributed by atoms with Crippen molar-refractivity contribution in [1.29, 1.82) is 0 Å². The van der Waals surface area contributed by atoms with Crippen LogP contribution in [0.3, 0.4) is 0 Å². The molecule has 0 aliphatic carbocycles. The number of benzene rings is 2. The Bertz CT molecular complexity index is 842. The summed E-state index contributed by atoms with van der Waals surface area (Å²) in [6.07, 6.45) is 3.39. The zero-order valence-corrected chi connectivity index (χ0v) is 18.8. The summed E-state index contributed by atoms with van der Waals surface area (Å²) < 4.78 is 5.80. The van der Waals surface area contributed by atoms with Gasteiger partial charge in [0.15, 0.2) is 0 Å². The van der Waals surface area contributed by atoms with Gasteiger partial charge in [0.2, 0.25) is 5.91 Å². The lowest BCUT2D eigenvalue weighted by Gasteiger charge is -2.17. The third kappa shape index (κ3) is 6.92. The van der Waals surface area contributed by atoms with E-state index in [1.165, 1.54) is 16.7 Å². The van der Waals surface area contributed by atoms with E-state index in [9.17, 15) is 4.79 Å². The summed E-state index contributed by atoms with van der Waals surface area (Å²) in [5, 5.41) is 3.23. The number of carbonyl (C=O) groups excluding carboxylic acids is 1.